The third-order valence-corrected chi connectivity index (χ3v) is 5.63. The third-order valence-electron chi connectivity index (χ3n) is 5.63. The van der Waals surface area contributed by atoms with Gasteiger partial charge in [0.1, 0.15) is 6.17 Å². The zero-order valence-electron chi connectivity index (χ0n) is 15.7. The number of hydrogen-bond donors (Lipinski definition) is 1. The molecule has 27 heavy (non-hydrogen) atoms. The second-order valence-corrected chi connectivity index (χ2v) is 7.77. The van der Waals surface area contributed by atoms with E-state index in [9.17, 15) is 9.18 Å². The standard InChI is InChI=1S/C22H26FN3O/c1-15-3-2-12-24-20(15)14-26-13-18(23)8-11-21(26)22(27)25-19-9-6-17(7-10-19)16-4-5-16/h2-3,6-7,9-10,12,16,18,21H,4-5,8,11,13-14H2,1H3,(H,25,27)/t18?,21-/m1/s1. The molecule has 1 saturated heterocycles. The van der Waals surface area contributed by atoms with Gasteiger partial charge in [-0.15, -0.1) is 0 Å². The van der Waals surface area contributed by atoms with Gasteiger partial charge >= 0.3 is 0 Å². The highest BCUT2D eigenvalue weighted by Gasteiger charge is 2.33. The minimum absolute atomic E-state index is 0.0605. The molecule has 2 aliphatic rings. The van der Waals surface area contributed by atoms with Crippen LogP contribution in [-0.2, 0) is 11.3 Å². The largest absolute Gasteiger partial charge is 0.325 e. The number of likely N-dealkylation sites (tertiary alicyclic amines) is 1. The maximum Gasteiger partial charge on any atom is 0.241 e. The number of nitrogens with zero attached hydrogens (tertiary/aromatic N) is 2. The van der Waals surface area contributed by atoms with Crippen LogP contribution in [0, 0.1) is 6.92 Å². The molecule has 1 N–H and O–H groups in total. The number of rotatable bonds is 5. The van der Waals surface area contributed by atoms with Crippen LogP contribution in [0.1, 0.15) is 48.4 Å². The van der Waals surface area contributed by atoms with Gasteiger partial charge in [0.05, 0.1) is 11.7 Å². The van der Waals surface area contributed by atoms with Crippen molar-refractivity contribution in [2.24, 2.45) is 0 Å². The van der Waals surface area contributed by atoms with Gasteiger partial charge in [-0.05, 0) is 67.9 Å². The lowest BCUT2D eigenvalue weighted by Crippen LogP contribution is -2.50. The molecular formula is C22H26FN3O. The number of benzene rings is 1. The van der Waals surface area contributed by atoms with Crippen LogP contribution in [0.25, 0.3) is 0 Å². The van der Waals surface area contributed by atoms with E-state index in [1.165, 1.54) is 18.4 Å². The van der Waals surface area contributed by atoms with E-state index < -0.39 is 6.17 Å². The number of hydrogen-bond acceptors (Lipinski definition) is 3. The monoisotopic (exact) mass is 367 g/mol. The summed E-state index contributed by atoms with van der Waals surface area (Å²) < 4.78 is 14.0. The van der Waals surface area contributed by atoms with Gasteiger partial charge in [0.25, 0.3) is 0 Å². The molecule has 142 valence electrons. The van der Waals surface area contributed by atoms with Crippen molar-refractivity contribution in [1.82, 2.24) is 9.88 Å². The summed E-state index contributed by atoms with van der Waals surface area (Å²) in [6, 6.07) is 11.7. The number of carbonyl (C=O) groups excluding carboxylic acids is 1. The van der Waals surface area contributed by atoms with E-state index in [1.54, 1.807) is 6.20 Å². The summed E-state index contributed by atoms with van der Waals surface area (Å²) in [7, 11) is 0. The molecule has 1 aromatic carbocycles. The molecule has 1 aromatic heterocycles. The number of carbonyl (C=O) groups is 1. The first kappa shape index (κ1) is 18.1. The zero-order chi connectivity index (χ0) is 18.8. The van der Waals surface area contributed by atoms with E-state index in [0.29, 0.717) is 25.3 Å². The summed E-state index contributed by atoms with van der Waals surface area (Å²) >= 11 is 0. The second-order valence-electron chi connectivity index (χ2n) is 7.77. The maximum absolute atomic E-state index is 14.0. The van der Waals surface area contributed by atoms with Crippen molar-refractivity contribution in [2.75, 3.05) is 11.9 Å². The molecule has 2 atom stereocenters. The lowest BCUT2D eigenvalue weighted by atomic mass is 9.99. The van der Waals surface area contributed by atoms with Crippen LogP contribution >= 0.6 is 0 Å². The van der Waals surface area contributed by atoms with Crippen LogP contribution in [0.15, 0.2) is 42.6 Å². The topological polar surface area (TPSA) is 45.2 Å². The molecule has 1 aliphatic carbocycles. The fraction of sp³-hybridized carbons (Fsp3) is 0.455. The number of amides is 1. The molecule has 2 heterocycles. The Hall–Kier alpha value is -2.27. The Kier molecular flexibility index (Phi) is 5.21. The van der Waals surface area contributed by atoms with Crippen LogP contribution in [0.3, 0.4) is 0 Å². The van der Waals surface area contributed by atoms with Gasteiger partial charge < -0.3 is 5.32 Å². The normalized spacial score (nSPS) is 23.2. The number of aromatic nitrogens is 1. The van der Waals surface area contributed by atoms with Crippen LogP contribution in [0.5, 0.6) is 0 Å². The van der Waals surface area contributed by atoms with E-state index in [2.05, 4.69) is 22.4 Å². The fourth-order valence-corrected chi connectivity index (χ4v) is 3.82. The number of alkyl halides is 1. The van der Waals surface area contributed by atoms with Crippen LogP contribution < -0.4 is 5.32 Å². The first-order valence-corrected chi connectivity index (χ1v) is 9.79. The van der Waals surface area contributed by atoms with Crippen molar-refractivity contribution >= 4 is 11.6 Å². The zero-order valence-corrected chi connectivity index (χ0v) is 15.7. The molecule has 4 rings (SSSR count). The Morgan fingerprint density at radius 1 is 1.19 bits per heavy atom. The van der Waals surface area contributed by atoms with E-state index >= 15 is 0 Å². The number of pyridine rings is 1. The highest BCUT2D eigenvalue weighted by atomic mass is 19.1. The fourth-order valence-electron chi connectivity index (χ4n) is 3.82. The Labute approximate surface area is 159 Å². The molecule has 1 unspecified atom stereocenters. The molecule has 0 spiro atoms. The molecule has 2 aromatic rings. The van der Waals surface area contributed by atoms with Crippen molar-refractivity contribution in [3.8, 4) is 0 Å². The molecule has 4 nitrogen and oxygen atoms in total. The predicted octanol–water partition coefficient (Wildman–Crippen LogP) is 4.21. The summed E-state index contributed by atoms with van der Waals surface area (Å²) in [5, 5.41) is 3.02. The van der Waals surface area contributed by atoms with Crippen molar-refractivity contribution in [2.45, 2.75) is 57.3 Å². The summed E-state index contributed by atoms with van der Waals surface area (Å²) in [4.78, 5) is 19.2. The van der Waals surface area contributed by atoms with Gasteiger partial charge in [-0.3, -0.25) is 14.7 Å². The van der Waals surface area contributed by atoms with E-state index in [-0.39, 0.29) is 18.5 Å². The Morgan fingerprint density at radius 3 is 2.67 bits per heavy atom. The van der Waals surface area contributed by atoms with Crippen molar-refractivity contribution in [3.05, 3.63) is 59.4 Å². The Morgan fingerprint density at radius 2 is 1.96 bits per heavy atom. The molecule has 1 amide bonds. The smallest absolute Gasteiger partial charge is 0.241 e. The first-order chi connectivity index (χ1) is 13.1. The lowest BCUT2D eigenvalue weighted by molar-refractivity contribution is -0.123. The Bertz CT molecular complexity index is 803. The molecule has 2 fully saturated rings. The van der Waals surface area contributed by atoms with Crippen molar-refractivity contribution in [1.29, 1.82) is 0 Å². The van der Waals surface area contributed by atoms with Crippen molar-refractivity contribution in [3.63, 3.8) is 0 Å². The van der Waals surface area contributed by atoms with Gasteiger partial charge in [-0.2, -0.15) is 0 Å². The maximum atomic E-state index is 14.0. The summed E-state index contributed by atoms with van der Waals surface area (Å²) in [5.74, 6) is 0.640. The highest BCUT2D eigenvalue weighted by molar-refractivity contribution is 5.94. The number of nitrogens with one attached hydrogen (secondary N) is 1. The third kappa shape index (κ3) is 4.35. The SMILES string of the molecule is Cc1cccnc1CN1CC(F)CC[C@@H]1C(=O)Nc1ccc(C2CC2)cc1. The predicted molar refractivity (Wildman–Crippen MR) is 104 cm³/mol. The van der Waals surface area contributed by atoms with Gasteiger partial charge in [-0.25, -0.2) is 4.39 Å². The van der Waals surface area contributed by atoms with Crippen LogP contribution in [0.4, 0.5) is 10.1 Å². The Balaban J connectivity index is 1.45. The summed E-state index contributed by atoms with van der Waals surface area (Å²) in [6.07, 6.45) is 4.33. The minimum atomic E-state index is -0.893. The molecule has 0 radical (unpaired) electrons. The quantitative estimate of drug-likeness (QED) is 0.861. The average Bonchev–Trinajstić information content (AvgIpc) is 3.49. The minimum Gasteiger partial charge on any atom is -0.325 e. The molecule has 0 bridgehead atoms. The molecule has 1 saturated carbocycles. The number of piperidine rings is 1. The average molecular weight is 367 g/mol. The number of aryl methyl sites for hydroxylation is 1. The van der Waals surface area contributed by atoms with E-state index in [4.69, 9.17) is 0 Å². The van der Waals surface area contributed by atoms with Crippen LogP contribution in [0.2, 0.25) is 0 Å². The van der Waals surface area contributed by atoms with Crippen molar-refractivity contribution < 1.29 is 9.18 Å². The highest BCUT2D eigenvalue weighted by Crippen LogP contribution is 2.40. The number of anilines is 1. The number of halogens is 1. The van der Waals surface area contributed by atoms with Gasteiger partial charge in [0.15, 0.2) is 0 Å². The van der Waals surface area contributed by atoms with Crippen LogP contribution in [-0.4, -0.2) is 34.5 Å². The van der Waals surface area contributed by atoms with E-state index in [1.807, 2.05) is 36.1 Å². The molecular weight excluding hydrogens is 341 g/mol. The summed E-state index contributed by atoms with van der Waals surface area (Å²) in [6.45, 7) is 2.76. The molecule has 1 aliphatic heterocycles. The first-order valence-electron chi connectivity index (χ1n) is 9.79. The van der Waals surface area contributed by atoms with Gasteiger partial charge in [-0.1, -0.05) is 18.2 Å². The van der Waals surface area contributed by atoms with Gasteiger partial charge in [0, 0.05) is 25.0 Å². The molecule has 5 heteroatoms. The van der Waals surface area contributed by atoms with Gasteiger partial charge in [0.2, 0.25) is 5.91 Å². The second kappa shape index (κ2) is 7.77. The van der Waals surface area contributed by atoms with E-state index in [0.717, 1.165) is 16.9 Å². The summed E-state index contributed by atoms with van der Waals surface area (Å²) in [5.41, 5.74) is 4.12. The lowest BCUT2D eigenvalue weighted by Gasteiger charge is -2.36.